The Kier molecular flexibility index (Phi) is 4.87. The average Bonchev–Trinajstić information content (AvgIpc) is 2.64. The first-order valence-electron chi connectivity index (χ1n) is 7.93. The van der Waals surface area contributed by atoms with Crippen molar-refractivity contribution in [2.75, 3.05) is 5.32 Å². The molecule has 0 saturated heterocycles. The number of fused-ring (bicyclic) bond motifs is 1. The molecule has 3 rings (SSSR count). The highest BCUT2D eigenvalue weighted by Gasteiger charge is 2.30. The minimum absolute atomic E-state index is 0.122. The molecule has 7 nitrogen and oxygen atoms in total. The predicted octanol–water partition coefficient (Wildman–Crippen LogP) is 2.43. The monoisotopic (exact) mass is 389 g/mol. The Labute approximate surface area is 156 Å². The lowest BCUT2D eigenvalue weighted by molar-refractivity contribution is -0.137. The van der Waals surface area contributed by atoms with Crippen LogP contribution >= 0.6 is 0 Å². The predicted molar refractivity (Wildman–Crippen MR) is 97.2 cm³/mol. The van der Waals surface area contributed by atoms with E-state index in [1.165, 1.54) is 42.5 Å². The van der Waals surface area contributed by atoms with Gasteiger partial charge in [-0.1, -0.05) is 12.1 Å². The number of nitrogens with zero attached hydrogens (tertiary/aromatic N) is 3. The summed E-state index contributed by atoms with van der Waals surface area (Å²) in [6.45, 7) is 0. The zero-order valence-electron chi connectivity index (χ0n) is 14.5. The number of hydrogen-bond donors (Lipinski definition) is 2. The van der Waals surface area contributed by atoms with E-state index in [9.17, 15) is 22.8 Å². The van der Waals surface area contributed by atoms with Gasteiger partial charge < -0.3 is 15.6 Å². The maximum atomic E-state index is 12.8. The van der Waals surface area contributed by atoms with Crippen LogP contribution in [0.3, 0.4) is 0 Å². The van der Waals surface area contributed by atoms with Gasteiger partial charge in [0.15, 0.2) is 0 Å². The van der Waals surface area contributed by atoms with Gasteiger partial charge in [0, 0.05) is 31.1 Å². The van der Waals surface area contributed by atoms with Gasteiger partial charge in [0.05, 0.1) is 17.4 Å². The summed E-state index contributed by atoms with van der Waals surface area (Å²) in [6.07, 6.45) is 0.527. The molecule has 144 valence electrons. The number of carbonyl (C=O) groups is 1. The van der Waals surface area contributed by atoms with Crippen LogP contribution in [0.2, 0.25) is 0 Å². The molecule has 28 heavy (non-hydrogen) atoms. The third-order valence-electron chi connectivity index (χ3n) is 3.94. The molecule has 0 bridgehead atoms. The first-order valence-corrected chi connectivity index (χ1v) is 7.93. The van der Waals surface area contributed by atoms with Crippen LogP contribution in [-0.2, 0) is 18.0 Å². The fourth-order valence-electron chi connectivity index (χ4n) is 2.57. The Morgan fingerprint density at radius 3 is 2.50 bits per heavy atom. The van der Waals surface area contributed by atoms with Crippen LogP contribution in [0.25, 0.3) is 22.0 Å². The Hall–Kier alpha value is -3.69. The van der Waals surface area contributed by atoms with Gasteiger partial charge in [-0.2, -0.15) is 13.2 Å². The quantitative estimate of drug-likeness (QED) is 0.667. The van der Waals surface area contributed by atoms with Crippen molar-refractivity contribution in [2.45, 2.75) is 6.18 Å². The molecule has 1 aromatic carbocycles. The van der Waals surface area contributed by atoms with Crippen LogP contribution in [0.4, 0.5) is 19.0 Å². The number of rotatable bonds is 4. The van der Waals surface area contributed by atoms with E-state index in [1.54, 1.807) is 0 Å². The number of carbonyl (C=O) groups excluding carboxylic acids is 1. The van der Waals surface area contributed by atoms with Crippen molar-refractivity contribution in [3.63, 3.8) is 0 Å². The second kappa shape index (κ2) is 7.14. The number of benzene rings is 1. The van der Waals surface area contributed by atoms with Crippen molar-refractivity contribution >= 4 is 22.6 Å². The number of nitrogens with two attached hydrogens (primary N) is 1. The number of nitrogens with one attached hydrogen (secondary N) is 1. The van der Waals surface area contributed by atoms with Crippen molar-refractivity contribution in [2.24, 2.45) is 12.8 Å². The molecule has 0 aliphatic carbocycles. The summed E-state index contributed by atoms with van der Waals surface area (Å²) in [7, 11) is 1.50. The molecule has 2 aromatic heterocycles. The summed E-state index contributed by atoms with van der Waals surface area (Å²) in [5, 5.41) is 2.82. The smallest absolute Gasteiger partial charge is 0.366 e. The van der Waals surface area contributed by atoms with E-state index in [-0.39, 0.29) is 16.7 Å². The van der Waals surface area contributed by atoms with E-state index in [0.717, 1.165) is 18.2 Å². The highest BCUT2D eigenvalue weighted by atomic mass is 19.4. The minimum Gasteiger partial charge on any atom is -0.366 e. The van der Waals surface area contributed by atoms with Gasteiger partial charge in [-0.25, -0.2) is 9.97 Å². The van der Waals surface area contributed by atoms with Gasteiger partial charge in [0.2, 0.25) is 5.91 Å². The maximum absolute atomic E-state index is 12.8. The van der Waals surface area contributed by atoms with E-state index in [0.29, 0.717) is 11.1 Å². The molecule has 3 N–H and O–H groups in total. The first-order chi connectivity index (χ1) is 13.2. The zero-order valence-corrected chi connectivity index (χ0v) is 14.5. The number of aryl methyl sites for hydroxylation is 1. The Morgan fingerprint density at radius 1 is 1.21 bits per heavy atom. The topological polar surface area (TPSA) is 103 Å². The number of alkyl halides is 3. The van der Waals surface area contributed by atoms with Crippen molar-refractivity contribution in [3.05, 3.63) is 65.0 Å². The highest BCUT2D eigenvalue weighted by Crippen LogP contribution is 2.33. The van der Waals surface area contributed by atoms with Crippen molar-refractivity contribution in [3.8, 4) is 11.1 Å². The number of hydrogen-bond acceptors (Lipinski definition) is 5. The van der Waals surface area contributed by atoms with Gasteiger partial charge >= 0.3 is 6.18 Å². The minimum atomic E-state index is -4.45. The molecule has 0 spiro atoms. The van der Waals surface area contributed by atoms with Gasteiger partial charge in [0.25, 0.3) is 5.56 Å². The number of anilines is 1. The molecule has 10 heteroatoms. The first kappa shape index (κ1) is 19.1. The van der Waals surface area contributed by atoms with Crippen LogP contribution < -0.4 is 16.6 Å². The molecular formula is C18H14F3N5O2. The van der Waals surface area contributed by atoms with Crippen molar-refractivity contribution in [1.82, 2.24) is 14.5 Å². The number of pyridine rings is 1. The summed E-state index contributed by atoms with van der Waals surface area (Å²) >= 11 is 0. The Morgan fingerprint density at radius 2 is 1.89 bits per heavy atom. The fraction of sp³-hybridized carbons (Fsp3) is 0.111. The molecule has 1 amide bonds. The maximum Gasteiger partial charge on any atom is 0.416 e. The van der Waals surface area contributed by atoms with E-state index < -0.39 is 23.2 Å². The zero-order chi connectivity index (χ0) is 20.5. The van der Waals surface area contributed by atoms with E-state index >= 15 is 0 Å². The summed E-state index contributed by atoms with van der Waals surface area (Å²) < 4.78 is 39.6. The average molecular weight is 389 g/mol. The number of primary amides is 1. The van der Waals surface area contributed by atoms with Crippen molar-refractivity contribution in [1.29, 1.82) is 0 Å². The van der Waals surface area contributed by atoms with Crippen LogP contribution in [-0.4, -0.2) is 20.4 Å². The molecule has 0 saturated carbocycles. The number of halogens is 3. The lowest BCUT2D eigenvalue weighted by atomic mass is 10.0. The summed E-state index contributed by atoms with van der Waals surface area (Å²) in [5.74, 6) is -0.555. The van der Waals surface area contributed by atoms with E-state index in [4.69, 9.17) is 5.73 Å². The summed E-state index contributed by atoms with van der Waals surface area (Å²) in [5.41, 5.74) is 4.89. The molecule has 0 radical (unpaired) electrons. The molecule has 0 atom stereocenters. The number of amides is 1. The highest BCUT2D eigenvalue weighted by molar-refractivity contribution is 5.98. The molecule has 2 heterocycles. The van der Waals surface area contributed by atoms with Gasteiger partial charge in [-0.05, 0) is 17.7 Å². The SMILES string of the molecule is Cn1cnc2c(-c3ccc(C(F)(F)F)cc3)cnc(NC=CC(N)=O)c2c1=O. The molecule has 0 aliphatic heterocycles. The normalized spacial score (nSPS) is 11.9. The van der Waals surface area contributed by atoms with E-state index in [1.807, 2.05) is 0 Å². The molecule has 3 aromatic rings. The number of aromatic nitrogens is 3. The standard InChI is InChI=1S/C18H14F3N5O2/c1-26-9-25-15-12(10-2-4-11(5-3-10)18(19,20)21)8-24-16(14(15)17(26)28)23-7-6-13(22)27/h2-9H,1H3,(H2,22,27)(H,23,24). The van der Waals surface area contributed by atoms with Crippen LogP contribution in [0, 0.1) is 0 Å². The second-order valence-corrected chi connectivity index (χ2v) is 5.86. The van der Waals surface area contributed by atoms with Crippen LogP contribution in [0.15, 0.2) is 53.9 Å². The van der Waals surface area contributed by atoms with Crippen LogP contribution in [0.5, 0.6) is 0 Å². The van der Waals surface area contributed by atoms with Gasteiger partial charge in [-0.3, -0.25) is 9.59 Å². The fourth-order valence-corrected chi connectivity index (χ4v) is 2.57. The Balaban J connectivity index is 2.16. The van der Waals surface area contributed by atoms with Gasteiger partial charge in [0.1, 0.15) is 11.2 Å². The van der Waals surface area contributed by atoms with Crippen LogP contribution in [0.1, 0.15) is 5.56 Å². The molecule has 0 fully saturated rings. The largest absolute Gasteiger partial charge is 0.416 e. The Bertz CT molecular complexity index is 1130. The summed E-state index contributed by atoms with van der Waals surface area (Å²) in [4.78, 5) is 31.8. The molecule has 0 unspecified atom stereocenters. The van der Waals surface area contributed by atoms with E-state index in [2.05, 4.69) is 15.3 Å². The molecule has 0 aliphatic rings. The third kappa shape index (κ3) is 3.70. The summed E-state index contributed by atoms with van der Waals surface area (Å²) in [6, 6.07) is 4.48. The van der Waals surface area contributed by atoms with Crippen molar-refractivity contribution < 1.29 is 18.0 Å². The lowest BCUT2D eigenvalue weighted by Gasteiger charge is -2.11. The van der Waals surface area contributed by atoms with Gasteiger partial charge in [-0.15, -0.1) is 0 Å². The third-order valence-corrected chi connectivity index (χ3v) is 3.94. The lowest BCUT2D eigenvalue weighted by Crippen LogP contribution is -2.19. The second-order valence-electron chi connectivity index (χ2n) is 5.86. The molecular weight excluding hydrogens is 375 g/mol.